The number of alkyl halides is 1. The molecule has 0 heterocycles. The third-order valence-electron chi connectivity index (χ3n) is 2.20. The Morgan fingerprint density at radius 2 is 2.24 bits per heavy atom. The molecule has 0 fully saturated rings. The normalized spacial score (nSPS) is 9.76. The summed E-state index contributed by atoms with van der Waals surface area (Å²) in [5.41, 5.74) is 1.63. The summed E-state index contributed by atoms with van der Waals surface area (Å²) in [6.07, 6.45) is 0.0377. The van der Waals surface area contributed by atoms with E-state index in [1.54, 1.807) is 13.0 Å². The monoisotopic (exact) mass is 271 g/mol. The lowest BCUT2D eigenvalue weighted by Crippen LogP contribution is -2.10. The van der Waals surface area contributed by atoms with Gasteiger partial charge in [0.1, 0.15) is 0 Å². The van der Waals surface area contributed by atoms with E-state index in [4.69, 9.17) is 33.2 Å². The van der Waals surface area contributed by atoms with Gasteiger partial charge in [-0.1, -0.05) is 11.6 Å². The van der Waals surface area contributed by atoms with Gasteiger partial charge < -0.3 is 4.74 Å². The Labute approximate surface area is 110 Å². The van der Waals surface area contributed by atoms with Gasteiger partial charge in [-0.15, -0.1) is 11.6 Å². The Hall–Kier alpha value is -1.24. The molecule has 90 valence electrons. The van der Waals surface area contributed by atoms with E-state index in [-0.39, 0.29) is 18.3 Å². The molecule has 0 spiro atoms. The average Bonchev–Trinajstić information content (AvgIpc) is 2.31. The van der Waals surface area contributed by atoms with E-state index in [1.165, 1.54) is 6.07 Å². The number of benzene rings is 1. The maximum atomic E-state index is 11.4. The number of ether oxygens (including phenoxy) is 1. The first-order chi connectivity index (χ1) is 8.12. The van der Waals surface area contributed by atoms with Crippen molar-refractivity contribution in [3.05, 3.63) is 33.8 Å². The van der Waals surface area contributed by atoms with Crippen LogP contribution in [0.25, 0.3) is 0 Å². The first kappa shape index (κ1) is 13.8. The van der Waals surface area contributed by atoms with Crippen molar-refractivity contribution in [2.45, 2.75) is 19.2 Å². The third-order valence-corrected chi connectivity index (χ3v) is 2.70. The molecular formula is C12H11Cl2NO2. The van der Waals surface area contributed by atoms with E-state index in [1.807, 2.05) is 6.07 Å². The number of carbonyl (C=O) groups excluding carboxylic acids is 1. The largest absolute Gasteiger partial charge is 0.466 e. The summed E-state index contributed by atoms with van der Waals surface area (Å²) >= 11 is 11.6. The van der Waals surface area contributed by atoms with E-state index >= 15 is 0 Å². The molecule has 5 heteroatoms. The van der Waals surface area contributed by atoms with Crippen LogP contribution in [-0.2, 0) is 21.8 Å². The zero-order valence-corrected chi connectivity index (χ0v) is 10.8. The van der Waals surface area contributed by atoms with Crippen molar-refractivity contribution in [1.82, 2.24) is 0 Å². The molecule has 1 rings (SSSR count). The second-order valence-corrected chi connectivity index (χ2v) is 4.02. The van der Waals surface area contributed by atoms with Crippen molar-refractivity contribution in [2.24, 2.45) is 0 Å². The van der Waals surface area contributed by atoms with Gasteiger partial charge in [0.15, 0.2) is 0 Å². The standard InChI is InChI=1S/C12H11Cl2NO2/c1-2-17-12(16)5-11-8(6-13)3-10(14)4-9(11)7-15/h3-4H,2,5-6H2,1H3. The quantitative estimate of drug-likeness (QED) is 0.625. The lowest BCUT2D eigenvalue weighted by atomic mass is 10.00. The van der Waals surface area contributed by atoms with Gasteiger partial charge in [-0.25, -0.2) is 0 Å². The molecular weight excluding hydrogens is 261 g/mol. The van der Waals surface area contributed by atoms with Gasteiger partial charge in [-0.05, 0) is 30.2 Å². The van der Waals surface area contributed by atoms with Crippen LogP contribution < -0.4 is 0 Å². The van der Waals surface area contributed by atoms with E-state index in [0.717, 1.165) is 0 Å². The Bertz CT molecular complexity index is 466. The zero-order chi connectivity index (χ0) is 12.8. The zero-order valence-electron chi connectivity index (χ0n) is 9.30. The van der Waals surface area contributed by atoms with Crippen LogP contribution in [0.3, 0.4) is 0 Å². The molecule has 1 aromatic carbocycles. The van der Waals surface area contributed by atoms with Gasteiger partial charge in [-0.3, -0.25) is 4.79 Å². The summed E-state index contributed by atoms with van der Waals surface area (Å²) in [5.74, 6) is -0.179. The van der Waals surface area contributed by atoms with Crippen LogP contribution in [0, 0.1) is 11.3 Å². The fourth-order valence-electron chi connectivity index (χ4n) is 1.48. The highest BCUT2D eigenvalue weighted by atomic mass is 35.5. The molecule has 0 bridgehead atoms. The topological polar surface area (TPSA) is 50.1 Å². The number of carbonyl (C=O) groups is 1. The van der Waals surface area contributed by atoms with Crippen LogP contribution in [0.5, 0.6) is 0 Å². The minimum absolute atomic E-state index is 0.0377. The predicted octanol–water partition coefficient (Wildman–Crippen LogP) is 3.06. The van der Waals surface area contributed by atoms with E-state index in [0.29, 0.717) is 28.3 Å². The molecule has 0 aromatic heterocycles. The molecule has 0 aliphatic carbocycles. The fourth-order valence-corrected chi connectivity index (χ4v) is 1.96. The molecule has 0 saturated heterocycles. The maximum Gasteiger partial charge on any atom is 0.310 e. The van der Waals surface area contributed by atoms with Gasteiger partial charge in [0.05, 0.1) is 24.7 Å². The Morgan fingerprint density at radius 1 is 1.53 bits per heavy atom. The number of nitrogens with zero attached hydrogens (tertiary/aromatic N) is 1. The van der Waals surface area contributed by atoms with Crippen LogP contribution in [0.15, 0.2) is 12.1 Å². The minimum Gasteiger partial charge on any atom is -0.466 e. The molecule has 0 atom stereocenters. The number of hydrogen-bond acceptors (Lipinski definition) is 3. The smallest absolute Gasteiger partial charge is 0.310 e. The summed E-state index contributed by atoms with van der Waals surface area (Å²) in [4.78, 5) is 11.4. The van der Waals surface area contributed by atoms with Crippen LogP contribution in [0.4, 0.5) is 0 Å². The van der Waals surface area contributed by atoms with Gasteiger partial charge in [0.25, 0.3) is 0 Å². The van der Waals surface area contributed by atoms with Crippen LogP contribution in [-0.4, -0.2) is 12.6 Å². The van der Waals surface area contributed by atoms with Crippen LogP contribution in [0.1, 0.15) is 23.6 Å². The summed E-state index contributed by atoms with van der Waals surface area (Å²) in [7, 11) is 0. The fraction of sp³-hybridized carbons (Fsp3) is 0.333. The maximum absolute atomic E-state index is 11.4. The Balaban J connectivity index is 3.12. The van der Waals surface area contributed by atoms with Crippen molar-refractivity contribution in [3.8, 4) is 6.07 Å². The van der Waals surface area contributed by atoms with Gasteiger partial charge in [0, 0.05) is 10.9 Å². The third kappa shape index (κ3) is 3.62. The Kier molecular flexibility index (Phi) is 5.27. The molecule has 0 unspecified atom stereocenters. The Morgan fingerprint density at radius 3 is 2.76 bits per heavy atom. The van der Waals surface area contributed by atoms with Crippen LogP contribution >= 0.6 is 23.2 Å². The second-order valence-electron chi connectivity index (χ2n) is 3.32. The lowest BCUT2D eigenvalue weighted by molar-refractivity contribution is -0.142. The van der Waals surface area contributed by atoms with Crippen LogP contribution in [0.2, 0.25) is 5.02 Å². The molecule has 0 saturated carbocycles. The summed E-state index contributed by atoms with van der Waals surface area (Å²) < 4.78 is 4.85. The van der Waals surface area contributed by atoms with E-state index in [2.05, 4.69) is 0 Å². The predicted molar refractivity (Wildman–Crippen MR) is 66.1 cm³/mol. The first-order valence-corrected chi connectivity index (χ1v) is 5.96. The number of hydrogen-bond donors (Lipinski definition) is 0. The first-order valence-electron chi connectivity index (χ1n) is 5.05. The molecule has 0 aliphatic rings. The average molecular weight is 272 g/mol. The van der Waals surface area contributed by atoms with Crippen molar-refractivity contribution >= 4 is 29.2 Å². The van der Waals surface area contributed by atoms with E-state index in [9.17, 15) is 4.79 Å². The SMILES string of the molecule is CCOC(=O)Cc1c(C#N)cc(Cl)cc1CCl. The molecule has 0 aliphatic heterocycles. The van der Waals surface area contributed by atoms with Gasteiger partial charge >= 0.3 is 5.97 Å². The molecule has 0 radical (unpaired) electrons. The number of rotatable bonds is 4. The number of halogens is 2. The minimum atomic E-state index is -0.377. The van der Waals surface area contributed by atoms with Crippen molar-refractivity contribution in [1.29, 1.82) is 5.26 Å². The highest BCUT2D eigenvalue weighted by molar-refractivity contribution is 6.31. The number of nitriles is 1. The molecule has 0 N–H and O–H groups in total. The highest BCUT2D eigenvalue weighted by Gasteiger charge is 2.14. The van der Waals surface area contributed by atoms with Gasteiger partial charge in [-0.2, -0.15) is 5.26 Å². The van der Waals surface area contributed by atoms with E-state index < -0.39 is 0 Å². The van der Waals surface area contributed by atoms with Crippen molar-refractivity contribution < 1.29 is 9.53 Å². The summed E-state index contributed by atoms with van der Waals surface area (Å²) in [5, 5.41) is 9.44. The summed E-state index contributed by atoms with van der Waals surface area (Å²) in [6.45, 7) is 2.04. The second kappa shape index (κ2) is 6.48. The molecule has 17 heavy (non-hydrogen) atoms. The molecule has 0 amide bonds. The van der Waals surface area contributed by atoms with Crippen molar-refractivity contribution in [2.75, 3.05) is 6.61 Å². The lowest BCUT2D eigenvalue weighted by Gasteiger charge is -2.09. The molecule has 3 nitrogen and oxygen atoms in total. The van der Waals surface area contributed by atoms with Crippen molar-refractivity contribution in [3.63, 3.8) is 0 Å². The highest BCUT2D eigenvalue weighted by Crippen LogP contribution is 2.23. The van der Waals surface area contributed by atoms with Gasteiger partial charge in [0.2, 0.25) is 0 Å². The number of esters is 1. The molecule has 1 aromatic rings. The summed E-state index contributed by atoms with van der Waals surface area (Å²) in [6, 6.07) is 5.18.